The Kier molecular flexibility index (Phi) is 7.25. The van der Waals surface area contributed by atoms with Gasteiger partial charge >= 0.3 is 0 Å². The molecule has 0 spiro atoms. The van der Waals surface area contributed by atoms with E-state index in [1.165, 1.54) is 16.7 Å². The number of aliphatic carboxylic acids is 1. The summed E-state index contributed by atoms with van der Waals surface area (Å²) in [5.41, 5.74) is 5.61. The number of halogens is 1. The number of carboxylic acids is 1. The summed E-state index contributed by atoms with van der Waals surface area (Å²) in [5, 5.41) is 7.42. The van der Waals surface area contributed by atoms with E-state index in [-0.39, 0.29) is 0 Å². The topological polar surface area (TPSA) is 46.5 Å². The molecule has 0 saturated carbocycles. The Bertz CT molecular complexity index is 910. The lowest BCUT2D eigenvalue weighted by molar-refractivity contribution is -0.134. The Morgan fingerprint density at radius 1 is 1.19 bits per heavy atom. The van der Waals surface area contributed by atoms with Crippen LogP contribution in [0.25, 0.3) is 11.6 Å². The first-order chi connectivity index (χ1) is 12.5. The van der Waals surface area contributed by atoms with E-state index < -0.39 is 5.97 Å². The third kappa shape index (κ3) is 5.94. The lowest BCUT2D eigenvalue weighted by atomic mass is 9.91. The van der Waals surface area contributed by atoms with Crippen LogP contribution in [-0.2, 0) is 9.53 Å². The number of ether oxygens (including phenoxy) is 1. The van der Waals surface area contributed by atoms with Crippen molar-refractivity contribution in [3.8, 4) is 11.8 Å². The highest BCUT2D eigenvalue weighted by atomic mass is 79.9. The van der Waals surface area contributed by atoms with Crippen LogP contribution in [0.15, 0.2) is 59.3 Å². The molecule has 3 nitrogen and oxygen atoms in total. The predicted molar refractivity (Wildman–Crippen MR) is 109 cm³/mol. The van der Waals surface area contributed by atoms with Crippen LogP contribution < -0.4 is 0 Å². The summed E-state index contributed by atoms with van der Waals surface area (Å²) >= 11 is 3.47. The van der Waals surface area contributed by atoms with E-state index >= 15 is 0 Å². The van der Waals surface area contributed by atoms with Gasteiger partial charge in [-0.25, -0.2) is 0 Å². The van der Waals surface area contributed by atoms with Gasteiger partial charge in [-0.2, -0.15) is 0 Å². The zero-order chi connectivity index (χ0) is 18.9. The summed E-state index contributed by atoms with van der Waals surface area (Å²) in [6.07, 6.45) is 7.01. The molecule has 0 radical (unpaired) electrons. The van der Waals surface area contributed by atoms with E-state index in [1.54, 1.807) is 7.11 Å². The zero-order valence-electron chi connectivity index (χ0n) is 14.6. The molecule has 2 aromatic rings. The number of hydrogen-bond donors (Lipinski definition) is 1. The summed E-state index contributed by atoms with van der Waals surface area (Å²) in [5.74, 6) is 5.61. The summed E-state index contributed by atoms with van der Waals surface area (Å²) in [6, 6.07) is 14.3. The monoisotopic (exact) mass is 410 g/mol. The summed E-state index contributed by atoms with van der Waals surface area (Å²) in [4.78, 5) is 9.00. The van der Waals surface area contributed by atoms with Gasteiger partial charge in [0.2, 0.25) is 0 Å². The van der Waals surface area contributed by atoms with Gasteiger partial charge in [-0.1, -0.05) is 52.1 Å². The molecule has 0 aliphatic heterocycles. The molecule has 0 fully saturated rings. The zero-order valence-corrected chi connectivity index (χ0v) is 16.2. The van der Waals surface area contributed by atoms with Crippen molar-refractivity contribution >= 4 is 33.5 Å². The summed E-state index contributed by atoms with van der Waals surface area (Å²) in [6.45, 7) is 1.08. The van der Waals surface area contributed by atoms with Gasteiger partial charge < -0.3 is 9.84 Å². The molecule has 0 aromatic heterocycles. The van der Waals surface area contributed by atoms with Gasteiger partial charge in [0.05, 0.1) is 13.4 Å². The van der Waals surface area contributed by atoms with Crippen LogP contribution >= 0.6 is 15.9 Å². The van der Waals surface area contributed by atoms with Crippen molar-refractivity contribution in [2.75, 3.05) is 7.11 Å². The van der Waals surface area contributed by atoms with Gasteiger partial charge in [0.15, 0.2) is 0 Å². The van der Waals surface area contributed by atoms with Crippen molar-refractivity contribution in [3.63, 3.8) is 0 Å². The maximum absolute atomic E-state index is 9.00. The first-order valence-electron chi connectivity index (χ1n) is 7.99. The fraction of sp³-hybridized carbons (Fsp3) is 0.136. The second-order valence-corrected chi connectivity index (χ2v) is 6.48. The minimum atomic E-state index is -0.833. The SMILES string of the molecule is CC(=O)O.COC=C1CC=Cc2ccc(C#Cc3cccc(Br)c3)cc21. The van der Waals surface area contributed by atoms with E-state index in [9.17, 15) is 0 Å². The van der Waals surface area contributed by atoms with Crippen molar-refractivity contribution < 1.29 is 14.6 Å². The number of benzene rings is 2. The number of allylic oxidation sites excluding steroid dienone is 2. The molecule has 0 atom stereocenters. The fourth-order valence-electron chi connectivity index (χ4n) is 2.44. The molecule has 26 heavy (non-hydrogen) atoms. The predicted octanol–water partition coefficient (Wildman–Crippen LogP) is 5.34. The van der Waals surface area contributed by atoms with Crippen molar-refractivity contribution in [1.29, 1.82) is 0 Å². The number of carboxylic acid groups (broad SMARTS) is 1. The van der Waals surface area contributed by atoms with Crippen molar-refractivity contribution in [3.05, 3.63) is 81.5 Å². The van der Waals surface area contributed by atoms with E-state index in [4.69, 9.17) is 14.6 Å². The van der Waals surface area contributed by atoms with Crippen LogP contribution in [0.5, 0.6) is 0 Å². The highest BCUT2D eigenvalue weighted by Crippen LogP contribution is 2.29. The largest absolute Gasteiger partial charge is 0.504 e. The maximum Gasteiger partial charge on any atom is 0.300 e. The summed E-state index contributed by atoms with van der Waals surface area (Å²) < 4.78 is 6.23. The molecule has 132 valence electrons. The number of carbonyl (C=O) groups is 1. The normalized spacial score (nSPS) is 13.0. The Balaban J connectivity index is 0.000000552. The first kappa shape index (κ1) is 19.6. The first-order valence-corrected chi connectivity index (χ1v) is 8.79. The van der Waals surface area contributed by atoms with Gasteiger partial charge in [-0.15, -0.1) is 0 Å². The van der Waals surface area contributed by atoms with Crippen LogP contribution in [0.2, 0.25) is 0 Å². The van der Waals surface area contributed by atoms with Crippen LogP contribution in [0.1, 0.15) is 35.6 Å². The molecule has 0 heterocycles. The van der Waals surface area contributed by atoms with Gasteiger partial charge in [-0.05, 0) is 53.5 Å². The van der Waals surface area contributed by atoms with Crippen LogP contribution in [0.3, 0.4) is 0 Å². The van der Waals surface area contributed by atoms with Crippen LogP contribution in [-0.4, -0.2) is 18.2 Å². The van der Waals surface area contributed by atoms with E-state index in [0.717, 1.165) is 28.9 Å². The number of methoxy groups -OCH3 is 1. The minimum absolute atomic E-state index is 0.833. The highest BCUT2D eigenvalue weighted by molar-refractivity contribution is 9.10. The lowest BCUT2D eigenvalue weighted by Gasteiger charge is -2.14. The molecule has 0 amide bonds. The Labute approximate surface area is 162 Å². The molecule has 0 saturated heterocycles. The Morgan fingerprint density at radius 2 is 1.88 bits per heavy atom. The average molecular weight is 411 g/mol. The number of hydrogen-bond acceptors (Lipinski definition) is 2. The fourth-order valence-corrected chi connectivity index (χ4v) is 2.84. The smallest absolute Gasteiger partial charge is 0.300 e. The van der Waals surface area contributed by atoms with Gasteiger partial charge in [-0.3, -0.25) is 4.79 Å². The molecule has 0 unspecified atom stereocenters. The molecular weight excluding hydrogens is 392 g/mol. The molecule has 2 aromatic carbocycles. The van der Waals surface area contributed by atoms with Crippen LogP contribution in [0, 0.1) is 11.8 Å². The quantitative estimate of drug-likeness (QED) is 0.509. The Morgan fingerprint density at radius 3 is 2.54 bits per heavy atom. The molecule has 1 N–H and O–H groups in total. The Hall–Kier alpha value is -2.77. The van der Waals surface area contributed by atoms with Crippen molar-refractivity contribution in [2.45, 2.75) is 13.3 Å². The maximum atomic E-state index is 9.00. The standard InChI is InChI=1S/C20H15BrO.C2H4O2/c1-22-14-18-6-3-5-17-11-10-16(13-20(17)18)9-8-15-4-2-7-19(21)12-15;1-2(3)4/h2-5,7,10-14H,6H2,1H3;1H3,(H,3,4). The highest BCUT2D eigenvalue weighted by Gasteiger charge is 2.10. The molecule has 4 heteroatoms. The van der Waals surface area contributed by atoms with Gasteiger partial charge in [0.1, 0.15) is 0 Å². The van der Waals surface area contributed by atoms with Gasteiger partial charge in [0.25, 0.3) is 5.97 Å². The van der Waals surface area contributed by atoms with E-state index in [1.807, 2.05) is 30.5 Å². The third-order valence-corrected chi connectivity index (χ3v) is 3.96. The molecular formula is C22H19BrO3. The number of fused-ring (bicyclic) bond motifs is 1. The van der Waals surface area contributed by atoms with E-state index in [2.05, 4.69) is 58.1 Å². The molecule has 1 aliphatic rings. The molecule has 1 aliphatic carbocycles. The van der Waals surface area contributed by atoms with Crippen molar-refractivity contribution in [1.82, 2.24) is 0 Å². The third-order valence-electron chi connectivity index (χ3n) is 3.47. The van der Waals surface area contributed by atoms with E-state index in [0.29, 0.717) is 0 Å². The van der Waals surface area contributed by atoms with Gasteiger partial charge in [0, 0.05) is 22.5 Å². The molecule has 0 bridgehead atoms. The molecule has 3 rings (SSSR count). The number of rotatable bonds is 1. The second-order valence-electron chi connectivity index (χ2n) is 5.57. The summed E-state index contributed by atoms with van der Waals surface area (Å²) in [7, 11) is 1.68. The average Bonchev–Trinajstić information content (AvgIpc) is 2.60. The second kappa shape index (κ2) is 9.65. The van der Waals surface area contributed by atoms with Crippen LogP contribution in [0.4, 0.5) is 0 Å². The van der Waals surface area contributed by atoms with Crippen molar-refractivity contribution in [2.24, 2.45) is 0 Å². The lowest BCUT2D eigenvalue weighted by Crippen LogP contribution is -1.95. The minimum Gasteiger partial charge on any atom is -0.504 e.